The molecule has 1 aliphatic rings. The van der Waals surface area contributed by atoms with Gasteiger partial charge in [0, 0.05) is 22.7 Å². The molecule has 0 aromatic heterocycles. The van der Waals surface area contributed by atoms with Gasteiger partial charge in [-0.2, -0.15) is 0 Å². The molecule has 104 valence electrons. The number of hydrogen-bond donors (Lipinski definition) is 1. The molecule has 0 spiro atoms. The van der Waals surface area contributed by atoms with Gasteiger partial charge in [0.2, 0.25) is 0 Å². The van der Waals surface area contributed by atoms with Crippen LogP contribution in [0.5, 0.6) is 0 Å². The standard InChI is InChI=1S/C18H21NS/c1-13-7-3-5-9-17(13)14(2)19-12-16-11-15-8-4-6-10-18(15)20-16/h3-10,14,16,19H,11-12H2,1-2H3/t14-,16?/m1/s1. The van der Waals surface area contributed by atoms with E-state index in [1.807, 2.05) is 11.8 Å². The second-order valence-corrected chi connectivity index (χ2v) is 6.88. The van der Waals surface area contributed by atoms with E-state index in [1.54, 1.807) is 0 Å². The third kappa shape index (κ3) is 2.92. The van der Waals surface area contributed by atoms with E-state index in [2.05, 4.69) is 67.7 Å². The van der Waals surface area contributed by atoms with E-state index in [0.29, 0.717) is 11.3 Å². The summed E-state index contributed by atoms with van der Waals surface area (Å²) in [6.45, 7) is 5.51. The molecule has 2 aromatic rings. The molecule has 2 aromatic carbocycles. The SMILES string of the molecule is Cc1ccccc1[C@@H](C)NCC1Cc2ccccc2S1. The van der Waals surface area contributed by atoms with Gasteiger partial charge in [0.25, 0.3) is 0 Å². The van der Waals surface area contributed by atoms with Crippen molar-refractivity contribution in [2.24, 2.45) is 0 Å². The Hall–Kier alpha value is -1.25. The molecule has 1 N–H and O–H groups in total. The number of aryl methyl sites for hydroxylation is 1. The smallest absolute Gasteiger partial charge is 0.0294 e. The molecular formula is C18H21NS. The molecule has 0 saturated heterocycles. The Morgan fingerprint density at radius 2 is 1.90 bits per heavy atom. The molecule has 20 heavy (non-hydrogen) atoms. The van der Waals surface area contributed by atoms with Crippen molar-refractivity contribution in [2.45, 2.75) is 36.5 Å². The summed E-state index contributed by atoms with van der Waals surface area (Å²) in [5.41, 5.74) is 4.29. The minimum absolute atomic E-state index is 0.417. The first-order valence-corrected chi connectivity index (χ1v) is 8.15. The Morgan fingerprint density at radius 3 is 2.70 bits per heavy atom. The maximum absolute atomic E-state index is 3.70. The van der Waals surface area contributed by atoms with Gasteiger partial charge >= 0.3 is 0 Å². The van der Waals surface area contributed by atoms with E-state index < -0.39 is 0 Å². The highest BCUT2D eigenvalue weighted by Crippen LogP contribution is 2.36. The van der Waals surface area contributed by atoms with Crippen molar-refractivity contribution in [2.75, 3.05) is 6.54 Å². The number of thioether (sulfide) groups is 1. The summed E-state index contributed by atoms with van der Waals surface area (Å²) in [7, 11) is 0. The van der Waals surface area contributed by atoms with Gasteiger partial charge < -0.3 is 5.32 Å². The van der Waals surface area contributed by atoms with Gasteiger partial charge in [0.15, 0.2) is 0 Å². The van der Waals surface area contributed by atoms with Crippen LogP contribution in [0.3, 0.4) is 0 Å². The van der Waals surface area contributed by atoms with Crippen molar-refractivity contribution in [3.63, 3.8) is 0 Å². The van der Waals surface area contributed by atoms with Crippen LogP contribution in [0.15, 0.2) is 53.4 Å². The molecule has 1 heterocycles. The fraction of sp³-hybridized carbons (Fsp3) is 0.333. The van der Waals surface area contributed by atoms with Gasteiger partial charge in [-0.05, 0) is 43.0 Å². The van der Waals surface area contributed by atoms with Crippen LogP contribution < -0.4 is 5.32 Å². The summed E-state index contributed by atoms with van der Waals surface area (Å²) in [5, 5.41) is 4.36. The van der Waals surface area contributed by atoms with Crippen LogP contribution in [-0.2, 0) is 6.42 Å². The predicted octanol–water partition coefficient (Wildman–Crippen LogP) is 4.36. The zero-order chi connectivity index (χ0) is 13.9. The van der Waals surface area contributed by atoms with Gasteiger partial charge in [-0.25, -0.2) is 0 Å². The lowest BCUT2D eigenvalue weighted by Gasteiger charge is -2.18. The molecule has 0 bridgehead atoms. The highest BCUT2D eigenvalue weighted by atomic mass is 32.2. The van der Waals surface area contributed by atoms with Gasteiger partial charge in [0.05, 0.1) is 0 Å². The number of fused-ring (bicyclic) bond motifs is 1. The average Bonchev–Trinajstić information content (AvgIpc) is 2.88. The normalized spacial score (nSPS) is 18.8. The van der Waals surface area contributed by atoms with Crippen molar-refractivity contribution in [3.05, 3.63) is 65.2 Å². The zero-order valence-electron chi connectivity index (χ0n) is 12.1. The van der Waals surface area contributed by atoms with E-state index in [-0.39, 0.29) is 0 Å². The van der Waals surface area contributed by atoms with Gasteiger partial charge in [-0.15, -0.1) is 11.8 Å². The van der Waals surface area contributed by atoms with Crippen LogP contribution in [0.2, 0.25) is 0 Å². The lowest BCUT2D eigenvalue weighted by atomic mass is 10.0. The number of hydrogen-bond acceptors (Lipinski definition) is 2. The first-order valence-electron chi connectivity index (χ1n) is 7.27. The van der Waals surface area contributed by atoms with Crippen molar-refractivity contribution in [3.8, 4) is 0 Å². The summed E-state index contributed by atoms with van der Waals surface area (Å²) in [5.74, 6) is 0. The molecular weight excluding hydrogens is 262 g/mol. The highest BCUT2D eigenvalue weighted by Gasteiger charge is 2.22. The van der Waals surface area contributed by atoms with Crippen molar-refractivity contribution >= 4 is 11.8 Å². The molecule has 0 amide bonds. The quantitative estimate of drug-likeness (QED) is 0.894. The summed E-state index contributed by atoms with van der Waals surface area (Å²) in [4.78, 5) is 1.46. The minimum atomic E-state index is 0.417. The van der Waals surface area contributed by atoms with Crippen molar-refractivity contribution in [1.82, 2.24) is 5.32 Å². The molecule has 1 unspecified atom stereocenters. The van der Waals surface area contributed by atoms with Gasteiger partial charge in [0.1, 0.15) is 0 Å². The zero-order valence-corrected chi connectivity index (χ0v) is 12.9. The van der Waals surface area contributed by atoms with Crippen molar-refractivity contribution < 1.29 is 0 Å². The van der Waals surface area contributed by atoms with Crippen LogP contribution in [0.25, 0.3) is 0 Å². The average molecular weight is 283 g/mol. The Bertz CT molecular complexity index is 568. The van der Waals surface area contributed by atoms with E-state index in [4.69, 9.17) is 0 Å². The minimum Gasteiger partial charge on any atom is -0.309 e. The summed E-state index contributed by atoms with van der Waals surface area (Å²) < 4.78 is 0. The molecule has 0 fully saturated rings. The monoisotopic (exact) mass is 283 g/mol. The maximum atomic E-state index is 3.70. The van der Waals surface area contributed by atoms with E-state index in [9.17, 15) is 0 Å². The third-order valence-electron chi connectivity index (χ3n) is 4.02. The Balaban J connectivity index is 1.58. The van der Waals surface area contributed by atoms with Crippen LogP contribution in [-0.4, -0.2) is 11.8 Å². The molecule has 0 radical (unpaired) electrons. The molecule has 0 aliphatic carbocycles. The number of rotatable bonds is 4. The highest BCUT2D eigenvalue weighted by molar-refractivity contribution is 8.00. The maximum Gasteiger partial charge on any atom is 0.0294 e. The van der Waals surface area contributed by atoms with Crippen LogP contribution in [0.4, 0.5) is 0 Å². The topological polar surface area (TPSA) is 12.0 Å². The fourth-order valence-electron chi connectivity index (χ4n) is 2.86. The van der Waals surface area contributed by atoms with E-state index >= 15 is 0 Å². The fourth-order valence-corrected chi connectivity index (χ4v) is 4.12. The second kappa shape index (κ2) is 6.02. The predicted molar refractivity (Wildman–Crippen MR) is 87.4 cm³/mol. The molecule has 3 rings (SSSR count). The Morgan fingerprint density at radius 1 is 1.15 bits per heavy atom. The molecule has 2 heteroatoms. The Labute approximate surface area is 125 Å². The van der Waals surface area contributed by atoms with Crippen molar-refractivity contribution in [1.29, 1.82) is 0 Å². The van der Waals surface area contributed by atoms with Crippen LogP contribution >= 0.6 is 11.8 Å². The number of nitrogens with one attached hydrogen (secondary N) is 1. The van der Waals surface area contributed by atoms with Crippen LogP contribution in [0, 0.1) is 6.92 Å². The van der Waals surface area contributed by atoms with Crippen LogP contribution in [0.1, 0.15) is 29.7 Å². The Kier molecular flexibility index (Phi) is 4.13. The summed E-state index contributed by atoms with van der Waals surface area (Å²) in [6.07, 6.45) is 1.19. The molecule has 2 atom stereocenters. The first-order chi connectivity index (χ1) is 9.74. The number of benzene rings is 2. The third-order valence-corrected chi connectivity index (χ3v) is 5.34. The molecule has 0 saturated carbocycles. The lowest BCUT2D eigenvalue weighted by Crippen LogP contribution is -2.27. The largest absolute Gasteiger partial charge is 0.309 e. The van der Waals surface area contributed by atoms with Gasteiger partial charge in [-0.3, -0.25) is 0 Å². The van der Waals surface area contributed by atoms with E-state index in [1.165, 1.54) is 28.0 Å². The lowest BCUT2D eigenvalue weighted by molar-refractivity contribution is 0.565. The molecule has 1 aliphatic heterocycles. The summed E-state index contributed by atoms with van der Waals surface area (Å²) >= 11 is 2.02. The van der Waals surface area contributed by atoms with Gasteiger partial charge in [-0.1, -0.05) is 42.5 Å². The van der Waals surface area contributed by atoms with E-state index in [0.717, 1.165) is 6.54 Å². The second-order valence-electron chi connectivity index (χ2n) is 5.54. The first kappa shape index (κ1) is 13.7. The molecule has 1 nitrogen and oxygen atoms in total. The summed E-state index contributed by atoms with van der Waals surface area (Å²) in [6, 6.07) is 17.8.